The minimum atomic E-state index is 0.0180. The van der Waals surface area contributed by atoms with Crippen LogP contribution in [0.1, 0.15) is 26.2 Å². The van der Waals surface area contributed by atoms with Crippen molar-refractivity contribution >= 4 is 0 Å². The fraction of sp³-hybridized carbons (Fsp3) is 1.00. The summed E-state index contributed by atoms with van der Waals surface area (Å²) in [5, 5.41) is 3.60. The third-order valence-corrected chi connectivity index (χ3v) is 3.23. The largest absolute Gasteiger partial charge is 0.360 e. The maximum absolute atomic E-state index is 5.89. The van der Waals surface area contributed by atoms with Gasteiger partial charge >= 0.3 is 0 Å². The van der Waals surface area contributed by atoms with Crippen molar-refractivity contribution in [3.05, 3.63) is 0 Å². The summed E-state index contributed by atoms with van der Waals surface area (Å²) < 4.78 is 5.89. The average Bonchev–Trinajstić information content (AvgIpc) is 2.11. The number of ether oxygens (including phenoxy) is 1. The van der Waals surface area contributed by atoms with Gasteiger partial charge in [0.25, 0.3) is 0 Å². The van der Waals surface area contributed by atoms with Crippen LogP contribution in [0.3, 0.4) is 0 Å². The van der Waals surface area contributed by atoms with E-state index >= 15 is 0 Å². The first kappa shape index (κ1) is 9.44. The monoisotopic (exact) mass is 184 g/mol. The van der Waals surface area contributed by atoms with Gasteiger partial charge in [0.15, 0.2) is 0 Å². The molecule has 1 atom stereocenters. The van der Waals surface area contributed by atoms with E-state index in [1.165, 1.54) is 0 Å². The molecule has 0 amide bonds. The molecule has 0 aromatic heterocycles. The fourth-order valence-electron chi connectivity index (χ4n) is 2.26. The first-order valence-electron chi connectivity index (χ1n) is 5.30. The Kier molecular flexibility index (Phi) is 2.58. The molecule has 76 valence electrons. The van der Waals surface area contributed by atoms with Gasteiger partial charge in [-0.25, -0.2) is 0 Å². The van der Waals surface area contributed by atoms with Crippen LogP contribution >= 0.6 is 0 Å². The van der Waals surface area contributed by atoms with Crippen molar-refractivity contribution in [1.82, 2.24) is 10.2 Å². The second-order valence-electron chi connectivity index (χ2n) is 4.48. The molecule has 3 nitrogen and oxygen atoms in total. The summed E-state index contributed by atoms with van der Waals surface area (Å²) in [7, 11) is 2.18. The van der Waals surface area contributed by atoms with Gasteiger partial charge in [-0.2, -0.15) is 0 Å². The van der Waals surface area contributed by atoms with Crippen molar-refractivity contribution in [2.24, 2.45) is 0 Å². The summed E-state index contributed by atoms with van der Waals surface area (Å²) in [6, 6.07) is 0.622. The van der Waals surface area contributed by atoms with E-state index in [9.17, 15) is 0 Å². The Morgan fingerprint density at radius 1 is 1.38 bits per heavy atom. The zero-order chi connectivity index (χ0) is 9.31. The molecule has 2 saturated heterocycles. The van der Waals surface area contributed by atoms with Crippen molar-refractivity contribution < 1.29 is 4.74 Å². The van der Waals surface area contributed by atoms with Crippen LogP contribution in [0.4, 0.5) is 0 Å². The summed E-state index contributed by atoms with van der Waals surface area (Å²) in [5.74, 6) is 0. The maximum atomic E-state index is 5.89. The van der Waals surface area contributed by atoms with Gasteiger partial charge in [0.1, 0.15) is 5.72 Å². The first-order chi connectivity index (χ1) is 6.20. The summed E-state index contributed by atoms with van der Waals surface area (Å²) in [6.45, 7) is 5.49. The Bertz CT molecular complexity index is 176. The number of hydrogen-bond donors (Lipinski definition) is 1. The van der Waals surface area contributed by atoms with Gasteiger partial charge in [0.05, 0.1) is 6.61 Å². The molecule has 2 fully saturated rings. The lowest BCUT2D eigenvalue weighted by molar-refractivity contribution is -0.135. The van der Waals surface area contributed by atoms with Gasteiger partial charge in [-0.05, 0) is 20.4 Å². The lowest BCUT2D eigenvalue weighted by atomic mass is 9.97. The molecule has 2 aliphatic heterocycles. The number of hydrogen-bond acceptors (Lipinski definition) is 3. The van der Waals surface area contributed by atoms with Gasteiger partial charge in [0, 0.05) is 32.0 Å². The molecule has 2 heterocycles. The van der Waals surface area contributed by atoms with E-state index in [1.807, 2.05) is 0 Å². The van der Waals surface area contributed by atoms with E-state index in [-0.39, 0.29) is 5.72 Å². The maximum Gasteiger partial charge on any atom is 0.121 e. The standard InChI is InChI=1S/C10H20N2O/c1-9-3-8-13-10(11-9)4-6-12(2)7-5-10/h9,11H,3-8H2,1-2H3. The molecular weight excluding hydrogens is 164 g/mol. The van der Waals surface area contributed by atoms with E-state index in [1.54, 1.807) is 0 Å². The van der Waals surface area contributed by atoms with E-state index < -0.39 is 0 Å². The van der Waals surface area contributed by atoms with Crippen molar-refractivity contribution in [2.75, 3.05) is 26.7 Å². The summed E-state index contributed by atoms with van der Waals surface area (Å²) in [4.78, 5) is 2.37. The van der Waals surface area contributed by atoms with Crippen LogP contribution < -0.4 is 5.32 Å². The predicted octanol–water partition coefficient (Wildman–Crippen LogP) is 0.807. The topological polar surface area (TPSA) is 24.5 Å². The van der Waals surface area contributed by atoms with Crippen LogP contribution in [0, 0.1) is 0 Å². The summed E-state index contributed by atoms with van der Waals surface area (Å²) in [5.41, 5.74) is 0.0180. The third kappa shape index (κ3) is 2.03. The Hall–Kier alpha value is -0.120. The minimum Gasteiger partial charge on any atom is -0.360 e. The first-order valence-corrected chi connectivity index (χ1v) is 5.30. The van der Waals surface area contributed by atoms with Gasteiger partial charge in [0.2, 0.25) is 0 Å². The van der Waals surface area contributed by atoms with Gasteiger partial charge in [-0.1, -0.05) is 0 Å². The summed E-state index contributed by atoms with van der Waals surface area (Å²) >= 11 is 0. The molecule has 1 spiro atoms. The Balaban J connectivity index is 1.95. The third-order valence-electron chi connectivity index (χ3n) is 3.23. The van der Waals surface area contributed by atoms with E-state index in [4.69, 9.17) is 4.74 Å². The highest BCUT2D eigenvalue weighted by Gasteiger charge is 2.37. The number of piperidine rings is 1. The number of nitrogens with zero attached hydrogens (tertiary/aromatic N) is 1. The van der Waals surface area contributed by atoms with E-state index in [0.29, 0.717) is 6.04 Å². The normalized spacial score (nSPS) is 35.1. The molecule has 0 aromatic carbocycles. The van der Waals surface area contributed by atoms with Crippen LogP contribution in [0.25, 0.3) is 0 Å². The molecule has 3 heteroatoms. The Morgan fingerprint density at radius 3 is 2.69 bits per heavy atom. The number of rotatable bonds is 0. The second-order valence-corrected chi connectivity index (χ2v) is 4.48. The molecular formula is C10H20N2O. The molecule has 0 aromatic rings. The zero-order valence-electron chi connectivity index (χ0n) is 8.68. The molecule has 0 radical (unpaired) electrons. The van der Waals surface area contributed by atoms with Crippen molar-refractivity contribution in [3.8, 4) is 0 Å². The second kappa shape index (κ2) is 3.56. The molecule has 2 aliphatic rings. The lowest BCUT2D eigenvalue weighted by Crippen LogP contribution is -2.60. The van der Waals surface area contributed by atoms with Gasteiger partial charge in [-0.3, -0.25) is 5.32 Å². The molecule has 2 rings (SSSR count). The van der Waals surface area contributed by atoms with Gasteiger partial charge < -0.3 is 9.64 Å². The lowest BCUT2D eigenvalue weighted by Gasteiger charge is -2.45. The van der Waals surface area contributed by atoms with Crippen LogP contribution in [-0.4, -0.2) is 43.4 Å². The molecule has 1 unspecified atom stereocenters. The molecule has 13 heavy (non-hydrogen) atoms. The Morgan fingerprint density at radius 2 is 2.08 bits per heavy atom. The highest BCUT2D eigenvalue weighted by atomic mass is 16.5. The van der Waals surface area contributed by atoms with Crippen LogP contribution in [-0.2, 0) is 4.74 Å². The van der Waals surface area contributed by atoms with Crippen LogP contribution in [0.2, 0.25) is 0 Å². The SMILES string of the molecule is CC1CCOC2(CCN(C)CC2)N1. The van der Waals surface area contributed by atoms with Crippen molar-refractivity contribution in [1.29, 1.82) is 0 Å². The molecule has 0 saturated carbocycles. The Labute approximate surface area is 80.4 Å². The van der Waals surface area contributed by atoms with E-state index in [2.05, 4.69) is 24.2 Å². The fourth-order valence-corrected chi connectivity index (χ4v) is 2.26. The average molecular weight is 184 g/mol. The van der Waals surface area contributed by atoms with E-state index in [0.717, 1.165) is 39.0 Å². The van der Waals surface area contributed by atoms with Crippen LogP contribution in [0.5, 0.6) is 0 Å². The molecule has 1 N–H and O–H groups in total. The minimum absolute atomic E-state index is 0.0180. The quantitative estimate of drug-likeness (QED) is 0.603. The van der Waals surface area contributed by atoms with Crippen LogP contribution in [0.15, 0.2) is 0 Å². The summed E-state index contributed by atoms with van der Waals surface area (Å²) in [6.07, 6.45) is 3.42. The van der Waals surface area contributed by atoms with Gasteiger partial charge in [-0.15, -0.1) is 0 Å². The predicted molar refractivity (Wildman–Crippen MR) is 52.6 cm³/mol. The highest BCUT2D eigenvalue weighted by Crippen LogP contribution is 2.27. The zero-order valence-corrected chi connectivity index (χ0v) is 8.68. The van der Waals surface area contributed by atoms with Crippen molar-refractivity contribution in [2.45, 2.75) is 38.0 Å². The highest BCUT2D eigenvalue weighted by molar-refractivity contribution is 4.89. The number of nitrogens with one attached hydrogen (secondary N) is 1. The van der Waals surface area contributed by atoms with Crippen molar-refractivity contribution in [3.63, 3.8) is 0 Å². The number of likely N-dealkylation sites (tertiary alicyclic amines) is 1. The smallest absolute Gasteiger partial charge is 0.121 e. The molecule has 0 bridgehead atoms. The molecule has 0 aliphatic carbocycles.